The van der Waals surface area contributed by atoms with Gasteiger partial charge in [-0.05, 0) is 23.9 Å². The third-order valence-corrected chi connectivity index (χ3v) is 3.62. The van der Waals surface area contributed by atoms with E-state index in [0.717, 1.165) is 5.56 Å². The van der Waals surface area contributed by atoms with Gasteiger partial charge in [-0.25, -0.2) is 0 Å². The number of aliphatic hydroxyl groups excluding tert-OH is 1. The monoisotopic (exact) mass is 363 g/mol. The van der Waals surface area contributed by atoms with E-state index in [0.29, 0.717) is 15.8 Å². The molecule has 2 aromatic carbocycles. The molecule has 0 aliphatic carbocycles. The van der Waals surface area contributed by atoms with Gasteiger partial charge in [0, 0.05) is 0 Å². The molecule has 22 heavy (non-hydrogen) atoms. The van der Waals surface area contributed by atoms with Crippen LogP contribution >= 0.6 is 15.9 Å². The Bertz CT molecular complexity index is 649. The van der Waals surface area contributed by atoms with E-state index >= 15 is 0 Å². The number of halogens is 1. The van der Waals surface area contributed by atoms with Gasteiger partial charge >= 0.3 is 0 Å². The van der Waals surface area contributed by atoms with Crippen molar-refractivity contribution in [1.82, 2.24) is 0 Å². The highest BCUT2D eigenvalue weighted by Crippen LogP contribution is 2.24. The molecule has 2 aromatic rings. The van der Waals surface area contributed by atoms with Gasteiger partial charge in [-0.15, -0.1) is 28.1 Å². The molecule has 0 unspecified atom stereocenters. The zero-order chi connectivity index (χ0) is 15.9. The molecule has 6 heteroatoms. The molecule has 0 heterocycles. The van der Waals surface area contributed by atoms with Crippen molar-refractivity contribution in [2.24, 2.45) is 0 Å². The minimum Gasteiger partial charge on any atom is -0.496 e. The van der Waals surface area contributed by atoms with Gasteiger partial charge < -0.3 is 20.1 Å². The maximum absolute atomic E-state index is 9.92. The van der Waals surface area contributed by atoms with Gasteiger partial charge in [0.15, 0.2) is 0 Å². The normalized spacial score (nSPS) is 10.1. The molecule has 0 bridgehead atoms. The predicted molar refractivity (Wildman–Crippen MR) is 88.0 cm³/mol. The first kappa shape index (κ1) is 16.4. The maximum Gasteiger partial charge on any atom is 0.250 e. The summed E-state index contributed by atoms with van der Waals surface area (Å²) in [5.41, 5.74) is 5.12. The van der Waals surface area contributed by atoms with Crippen LogP contribution in [0.5, 0.6) is 5.75 Å². The number of aliphatic hydroxyl groups is 2. The minimum atomic E-state index is -0.239. The van der Waals surface area contributed by atoms with Crippen LogP contribution in [0.25, 0.3) is 5.48 Å². The predicted octanol–water partition coefficient (Wildman–Crippen LogP) is 4.19. The Balaban J connectivity index is 1.92. The largest absolute Gasteiger partial charge is 0.496 e. The summed E-state index contributed by atoms with van der Waals surface area (Å²) in [6.45, 7) is 0. The highest BCUT2D eigenvalue weighted by molar-refractivity contribution is 9.10. The van der Waals surface area contributed by atoms with Crippen molar-refractivity contribution < 1.29 is 14.7 Å². The Morgan fingerprint density at radius 1 is 1.27 bits per heavy atom. The Hall–Kier alpha value is -2.02. The third kappa shape index (κ3) is 4.24. The van der Waals surface area contributed by atoms with Gasteiger partial charge in [-0.2, -0.15) is 11.5 Å². The van der Waals surface area contributed by atoms with Crippen LogP contribution in [0.2, 0.25) is 0 Å². The summed E-state index contributed by atoms with van der Waals surface area (Å²) in [4.78, 5) is 3.71. The van der Waals surface area contributed by atoms with Gasteiger partial charge in [-0.1, -0.05) is 34.3 Å². The summed E-state index contributed by atoms with van der Waals surface area (Å²) in [5, 5.41) is 17.8. The molecule has 0 aliphatic rings. The van der Waals surface area contributed by atoms with Crippen molar-refractivity contribution in [3.8, 4) is 5.75 Å². The lowest BCUT2D eigenvalue weighted by Crippen LogP contribution is -2.11. The molecule has 0 radical (unpaired) electrons. The Kier molecular flexibility index (Phi) is 5.83. The van der Waals surface area contributed by atoms with Gasteiger partial charge in [-0.3, -0.25) is 0 Å². The zero-order valence-electron chi connectivity index (χ0n) is 12.0. The average Bonchev–Trinajstić information content (AvgIpc) is 2.53. The highest BCUT2D eigenvalue weighted by Gasteiger charge is 2.09. The fraction of sp³-hybridized carbons (Fsp3) is 0.125. The SMILES string of the molecule is COc1ccccc1CC(=N)[N-][OH+][C-](O)c1ccccc1Br. The summed E-state index contributed by atoms with van der Waals surface area (Å²) in [5.74, 6) is 0.726. The smallest absolute Gasteiger partial charge is 0.250 e. The first-order valence-electron chi connectivity index (χ1n) is 6.53. The number of amidine groups is 1. The van der Waals surface area contributed by atoms with Gasteiger partial charge in [0.1, 0.15) is 5.75 Å². The molecular formula is C16H16BrN2O3-. The number of hydrogen-bond donors (Lipinski definition) is 2. The first-order chi connectivity index (χ1) is 10.6. The van der Waals surface area contributed by atoms with Crippen molar-refractivity contribution in [3.63, 3.8) is 0 Å². The summed E-state index contributed by atoms with van der Waals surface area (Å²) >= 11 is 3.32. The number of rotatable bonds is 6. The minimum absolute atomic E-state index is 0.0307. The van der Waals surface area contributed by atoms with E-state index in [-0.39, 0.29) is 18.5 Å². The van der Waals surface area contributed by atoms with Crippen LogP contribution in [0, 0.1) is 11.7 Å². The Morgan fingerprint density at radius 2 is 1.95 bits per heavy atom. The van der Waals surface area contributed by atoms with Crippen LogP contribution in [0.1, 0.15) is 11.1 Å². The lowest BCUT2D eigenvalue weighted by molar-refractivity contribution is -0.0425. The molecule has 116 valence electrons. The lowest BCUT2D eigenvalue weighted by atomic mass is 10.1. The van der Waals surface area contributed by atoms with Crippen molar-refractivity contribution in [2.45, 2.75) is 6.42 Å². The summed E-state index contributed by atoms with van der Waals surface area (Å²) in [6.07, 6.45) is 0.0359. The van der Waals surface area contributed by atoms with E-state index in [2.05, 4.69) is 26.2 Å². The number of nitrogens with one attached hydrogen (secondary N) is 1. The molecular weight excluding hydrogens is 348 g/mol. The molecule has 0 fully saturated rings. The molecule has 0 saturated heterocycles. The van der Waals surface area contributed by atoms with Crippen molar-refractivity contribution in [3.05, 3.63) is 75.9 Å². The zero-order valence-corrected chi connectivity index (χ0v) is 13.5. The standard InChI is InChI=1S/C16H16BrN2O3/c1-21-14-9-5-2-6-11(14)10-15(18)19-22-16(20)12-7-3-4-8-13(12)17/h2-9,20,22H,10H2,1H3,(H-,18,19)/q-1. The quantitative estimate of drug-likeness (QED) is 0.265. The second-order valence-corrected chi connectivity index (χ2v) is 5.29. The second-order valence-electron chi connectivity index (χ2n) is 4.44. The summed E-state index contributed by atoms with van der Waals surface area (Å²) in [6, 6.07) is 14.5. The van der Waals surface area contributed by atoms with E-state index in [1.54, 1.807) is 25.3 Å². The van der Waals surface area contributed by atoms with Crippen LogP contribution in [0.15, 0.2) is 53.0 Å². The van der Waals surface area contributed by atoms with Crippen LogP contribution < -0.4 is 4.74 Å². The topological polar surface area (TPSA) is 80.2 Å². The molecule has 3 N–H and O–H groups in total. The van der Waals surface area contributed by atoms with Crippen molar-refractivity contribution in [1.29, 1.82) is 5.41 Å². The van der Waals surface area contributed by atoms with E-state index < -0.39 is 0 Å². The van der Waals surface area contributed by atoms with Gasteiger partial charge in [0.05, 0.1) is 7.11 Å². The number of nitrogens with zero attached hydrogens (tertiary/aromatic N) is 1. The number of hydroxylamine groups is 1. The number of hydrogen-bond acceptors (Lipinski definition) is 3. The van der Waals surface area contributed by atoms with E-state index in [1.807, 2.05) is 30.3 Å². The molecule has 0 amide bonds. The first-order valence-corrected chi connectivity index (χ1v) is 7.33. The summed E-state index contributed by atoms with van der Waals surface area (Å²) in [7, 11) is 1.58. The highest BCUT2D eigenvalue weighted by atomic mass is 79.9. The van der Waals surface area contributed by atoms with Crippen LogP contribution in [-0.2, 0) is 6.42 Å². The van der Waals surface area contributed by atoms with Crippen LogP contribution in [0.4, 0.5) is 0 Å². The molecule has 0 aromatic heterocycles. The van der Waals surface area contributed by atoms with E-state index in [1.165, 1.54) is 0 Å². The van der Waals surface area contributed by atoms with Gasteiger partial charge in [0.25, 0.3) is 0 Å². The van der Waals surface area contributed by atoms with Crippen LogP contribution in [-0.4, -0.2) is 22.9 Å². The van der Waals surface area contributed by atoms with E-state index in [4.69, 9.17) is 10.1 Å². The number of benzene rings is 2. The number of ether oxygens (including phenoxy) is 1. The molecule has 5 nitrogen and oxygen atoms in total. The summed E-state index contributed by atoms with van der Waals surface area (Å²) < 4.78 is 5.94. The van der Waals surface area contributed by atoms with Crippen LogP contribution in [0.3, 0.4) is 0 Å². The fourth-order valence-electron chi connectivity index (χ4n) is 1.87. The molecule has 0 saturated carbocycles. The van der Waals surface area contributed by atoms with Crippen molar-refractivity contribution in [2.75, 3.05) is 7.11 Å². The molecule has 0 spiro atoms. The maximum atomic E-state index is 9.92. The lowest BCUT2D eigenvalue weighted by Gasteiger charge is -2.20. The molecule has 0 atom stereocenters. The number of methoxy groups -OCH3 is 1. The molecule has 2 rings (SSSR count). The van der Waals surface area contributed by atoms with Gasteiger partial charge in [0.2, 0.25) is 6.29 Å². The number of para-hydroxylation sites is 1. The molecule has 0 aliphatic heterocycles. The average molecular weight is 364 g/mol. The second kappa shape index (κ2) is 7.84. The fourth-order valence-corrected chi connectivity index (χ4v) is 2.33. The Morgan fingerprint density at radius 3 is 2.68 bits per heavy atom. The van der Waals surface area contributed by atoms with Crippen molar-refractivity contribution >= 4 is 21.8 Å². The Labute approximate surface area is 137 Å². The van der Waals surface area contributed by atoms with E-state index in [9.17, 15) is 5.11 Å². The third-order valence-electron chi connectivity index (χ3n) is 2.93.